The van der Waals surface area contributed by atoms with E-state index in [0.717, 1.165) is 23.3 Å². The van der Waals surface area contributed by atoms with Crippen molar-refractivity contribution in [1.29, 1.82) is 0 Å². The van der Waals surface area contributed by atoms with Gasteiger partial charge in [-0.2, -0.15) is 22.9 Å². The van der Waals surface area contributed by atoms with Crippen LogP contribution in [0.1, 0.15) is 22.4 Å². The molecule has 242 valence electrons. The summed E-state index contributed by atoms with van der Waals surface area (Å²) in [5, 5.41) is 29.3. The van der Waals surface area contributed by atoms with Crippen molar-refractivity contribution in [1.82, 2.24) is 10.1 Å². The summed E-state index contributed by atoms with van der Waals surface area (Å²) in [5.41, 5.74) is -0.998. The molecule has 0 amide bonds. The number of hydrogen-bond acceptors (Lipinski definition) is 8. The number of rotatable bonds is 10. The summed E-state index contributed by atoms with van der Waals surface area (Å²) >= 11 is 0. The lowest BCUT2D eigenvalue weighted by molar-refractivity contribution is -0.600. The predicted octanol–water partition coefficient (Wildman–Crippen LogP) is 8.10. The number of hydrogen-bond donors (Lipinski definition) is 0. The number of benzene rings is 4. The van der Waals surface area contributed by atoms with Gasteiger partial charge in [0.2, 0.25) is 23.0 Å². The van der Waals surface area contributed by atoms with Crippen molar-refractivity contribution in [2.75, 3.05) is 0 Å². The number of nitro groups is 1. The van der Waals surface area contributed by atoms with Crippen molar-refractivity contribution in [2.24, 2.45) is 0 Å². The maximum absolute atomic E-state index is 14.4. The number of nitrogens with zero attached hydrogens (tertiary/aromatic N) is 4. The molecule has 0 unspecified atom stereocenters. The fourth-order valence-electron chi connectivity index (χ4n) is 5.07. The maximum atomic E-state index is 14.4. The lowest BCUT2D eigenvalue weighted by Crippen LogP contribution is -2.35. The standard InChI is InChI=1S/C35H25F3N4O6/c1-22-31(27(35(36,37)38)19-28(41(22)43)25-15-9-4-10-16-25)33-39-34(48-40-33)26-17-29(42(44)45)32(47-21-24-13-7-3-8-14-24)30(18-26)46-20-23-11-5-2-6-12-23/h2-19H,20-21H2,1H3. The van der Waals surface area contributed by atoms with E-state index < -0.39 is 33.7 Å². The molecule has 4 aromatic carbocycles. The molecular weight excluding hydrogens is 629 g/mol. The molecule has 13 heteroatoms. The largest absolute Gasteiger partial charge is 0.618 e. The molecule has 2 heterocycles. The predicted molar refractivity (Wildman–Crippen MR) is 168 cm³/mol. The molecule has 0 fully saturated rings. The zero-order valence-corrected chi connectivity index (χ0v) is 25.2. The van der Waals surface area contributed by atoms with Gasteiger partial charge in [-0.3, -0.25) is 10.1 Å². The molecule has 2 aromatic heterocycles. The number of pyridine rings is 1. The zero-order valence-electron chi connectivity index (χ0n) is 25.2. The van der Waals surface area contributed by atoms with Crippen molar-refractivity contribution in [3.63, 3.8) is 0 Å². The normalized spacial score (nSPS) is 11.3. The quantitative estimate of drug-likeness (QED) is 0.0628. The summed E-state index contributed by atoms with van der Waals surface area (Å²) in [6.07, 6.45) is -4.90. The van der Waals surface area contributed by atoms with Crippen LogP contribution < -0.4 is 14.2 Å². The Hall–Kier alpha value is -6.24. The van der Waals surface area contributed by atoms with Gasteiger partial charge in [0, 0.05) is 24.6 Å². The molecule has 0 radical (unpaired) electrons. The van der Waals surface area contributed by atoms with Gasteiger partial charge in [-0.25, -0.2) is 0 Å². The van der Waals surface area contributed by atoms with Crippen LogP contribution in [-0.2, 0) is 19.4 Å². The fraction of sp³-hybridized carbons (Fsp3) is 0.114. The topological polar surface area (TPSA) is 127 Å². The third kappa shape index (κ3) is 6.65. The molecule has 0 N–H and O–H groups in total. The summed E-state index contributed by atoms with van der Waals surface area (Å²) in [7, 11) is 0. The molecule has 0 aliphatic rings. The Morgan fingerprint density at radius 3 is 2.00 bits per heavy atom. The molecular formula is C35H25F3N4O6. The second-order valence-electron chi connectivity index (χ2n) is 10.6. The fourth-order valence-corrected chi connectivity index (χ4v) is 5.07. The first-order valence-electron chi connectivity index (χ1n) is 14.5. The van der Waals surface area contributed by atoms with E-state index in [1.165, 1.54) is 25.1 Å². The second kappa shape index (κ2) is 13.2. The van der Waals surface area contributed by atoms with Crippen LogP contribution in [0.25, 0.3) is 34.1 Å². The average Bonchev–Trinajstić information content (AvgIpc) is 3.58. The summed E-state index contributed by atoms with van der Waals surface area (Å²) in [5.74, 6) is -1.07. The van der Waals surface area contributed by atoms with Crippen LogP contribution in [0.15, 0.2) is 114 Å². The Kier molecular flexibility index (Phi) is 8.75. The van der Waals surface area contributed by atoms with Crippen molar-refractivity contribution < 1.29 is 36.8 Å². The monoisotopic (exact) mass is 654 g/mol. The van der Waals surface area contributed by atoms with Gasteiger partial charge in [0.25, 0.3) is 5.89 Å². The van der Waals surface area contributed by atoms with Gasteiger partial charge in [-0.15, -0.1) is 0 Å². The summed E-state index contributed by atoms with van der Waals surface area (Å²) in [6.45, 7) is 1.23. The molecule has 48 heavy (non-hydrogen) atoms. The number of halogens is 3. The maximum Gasteiger partial charge on any atom is 0.417 e. The summed E-state index contributed by atoms with van der Waals surface area (Å²) < 4.78 is 60.9. The Morgan fingerprint density at radius 2 is 1.42 bits per heavy atom. The van der Waals surface area contributed by atoms with E-state index in [1.807, 2.05) is 12.1 Å². The molecule has 0 spiro atoms. The number of ether oxygens (including phenoxy) is 2. The van der Waals surface area contributed by atoms with Crippen LogP contribution in [0.4, 0.5) is 18.9 Å². The van der Waals surface area contributed by atoms with Gasteiger partial charge in [0.1, 0.15) is 18.8 Å². The van der Waals surface area contributed by atoms with Crippen molar-refractivity contribution in [3.8, 4) is 45.6 Å². The number of nitro benzene ring substituents is 1. The van der Waals surface area contributed by atoms with Crippen LogP contribution in [0.5, 0.6) is 11.5 Å². The molecule has 10 nitrogen and oxygen atoms in total. The molecule has 0 saturated heterocycles. The van der Waals surface area contributed by atoms with E-state index >= 15 is 0 Å². The Bertz CT molecular complexity index is 2070. The van der Waals surface area contributed by atoms with E-state index in [-0.39, 0.29) is 53.1 Å². The minimum atomic E-state index is -4.90. The average molecular weight is 655 g/mol. The van der Waals surface area contributed by atoms with Gasteiger partial charge in [-0.1, -0.05) is 84.0 Å². The first-order chi connectivity index (χ1) is 23.1. The first kappa shape index (κ1) is 31.7. The minimum absolute atomic E-state index is 0.0128. The summed E-state index contributed by atoms with van der Waals surface area (Å²) in [6, 6.07) is 29.2. The van der Waals surface area contributed by atoms with Gasteiger partial charge >= 0.3 is 11.9 Å². The molecule has 0 saturated carbocycles. The van der Waals surface area contributed by atoms with Crippen LogP contribution in [-0.4, -0.2) is 15.1 Å². The Labute approximate surface area is 271 Å². The lowest BCUT2D eigenvalue weighted by Gasteiger charge is -2.16. The molecule has 6 aromatic rings. The van der Waals surface area contributed by atoms with Gasteiger partial charge in [0.15, 0.2) is 5.75 Å². The molecule has 0 aliphatic heterocycles. The minimum Gasteiger partial charge on any atom is -0.618 e. The van der Waals surface area contributed by atoms with Gasteiger partial charge in [0.05, 0.1) is 16.1 Å². The van der Waals surface area contributed by atoms with E-state index in [1.54, 1.807) is 66.7 Å². The van der Waals surface area contributed by atoms with Crippen LogP contribution in [0, 0.1) is 22.2 Å². The zero-order chi connectivity index (χ0) is 33.8. The third-order valence-corrected chi connectivity index (χ3v) is 7.40. The van der Waals surface area contributed by atoms with Gasteiger partial charge < -0.3 is 19.2 Å². The molecule has 6 rings (SSSR count). The molecule has 0 atom stereocenters. The van der Waals surface area contributed by atoms with Crippen molar-refractivity contribution in [3.05, 3.63) is 147 Å². The van der Waals surface area contributed by atoms with Crippen LogP contribution in [0.2, 0.25) is 0 Å². The van der Waals surface area contributed by atoms with E-state index in [9.17, 15) is 28.5 Å². The first-order valence-corrected chi connectivity index (χ1v) is 14.5. The number of alkyl halides is 3. The lowest BCUT2D eigenvalue weighted by atomic mass is 10.0. The smallest absolute Gasteiger partial charge is 0.417 e. The van der Waals surface area contributed by atoms with Crippen LogP contribution in [0.3, 0.4) is 0 Å². The summed E-state index contributed by atoms with van der Waals surface area (Å²) in [4.78, 5) is 15.8. The number of aromatic nitrogens is 3. The van der Waals surface area contributed by atoms with E-state index in [4.69, 9.17) is 14.0 Å². The highest BCUT2D eigenvalue weighted by atomic mass is 19.4. The highest BCUT2D eigenvalue weighted by Crippen LogP contribution is 2.43. The van der Waals surface area contributed by atoms with E-state index in [2.05, 4.69) is 10.1 Å². The van der Waals surface area contributed by atoms with Gasteiger partial charge in [-0.05, 0) is 29.3 Å². The highest BCUT2D eigenvalue weighted by Gasteiger charge is 2.40. The Balaban J connectivity index is 1.44. The van der Waals surface area contributed by atoms with Crippen molar-refractivity contribution >= 4 is 5.69 Å². The van der Waals surface area contributed by atoms with Crippen molar-refractivity contribution in [2.45, 2.75) is 26.3 Å². The van der Waals surface area contributed by atoms with Crippen LogP contribution >= 0.6 is 0 Å². The molecule has 0 bridgehead atoms. The highest BCUT2D eigenvalue weighted by molar-refractivity contribution is 5.72. The third-order valence-electron chi connectivity index (χ3n) is 7.40. The second-order valence-corrected chi connectivity index (χ2v) is 10.6. The Morgan fingerprint density at radius 1 is 0.833 bits per heavy atom. The molecule has 0 aliphatic carbocycles. The SMILES string of the molecule is Cc1c(-c2noc(-c3cc(OCc4ccccc4)c(OCc4ccccc4)c([N+](=O)[O-])c3)n2)c(C(F)(F)F)cc(-c2ccccc2)[n+]1[O-]. The van der Waals surface area contributed by atoms with E-state index in [0.29, 0.717) is 4.73 Å².